The zero-order valence-electron chi connectivity index (χ0n) is 13.0. The summed E-state index contributed by atoms with van der Waals surface area (Å²) < 4.78 is 5.48. The Hall–Kier alpha value is -1.59. The van der Waals surface area contributed by atoms with Crippen molar-refractivity contribution in [3.05, 3.63) is 30.3 Å². The summed E-state index contributed by atoms with van der Waals surface area (Å²) in [6.45, 7) is 6.17. The van der Waals surface area contributed by atoms with Gasteiger partial charge in [-0.1, -0.05) is 39.0 Å². The van der Waals surface area contributed by atoms with Crippen molar-refractivity contribution in [3.63, 3.8) is 0 Å². The highest BCUT2D eigenvalue weighted by molar-refractivity contribution is 5.77. The number of carbonyl (C=O) groups excluding carboxylic acids is 1. The second kappa shape index (κ2) is 8.64. The first-order valence-electron chi connectivity index (χ1n) is 7.33. The van der Waals surface area contributed by atoms with Crippen LogP contribution in [0, 0.1) is 11.8 Å². The maximum Gasteiger partial charge on any atom is 0.222 e. The van der Waals surface area contributed by atoms with Crippen LogP contribution >= 0.6 is 0 Å². The topological polar surface area (TPSA) is 84.6 Å². The van der Waals surface area contributed by atoms with Crippen LogP contribution in [-0.4, -0.2) is 29.9 Å². The number of amides is 1. The van der Waals surface area contributed by atoms with E-state index >= 15 is 0 Å². The summed E-state index contributed by atoms with van der Waals surface area (Å²) in [7, 11) is 0. The third kappa shape index (κ3) is 6.60. The van der Waals surface area contributed by atoms with Crippen LogP contribution in [0.3, 0.4) is 0 Å². The van der Waals surface area contributed by atoms with Crippen LogP contribution in [0.15, 0.2) is 30.3 Å². The van der Waals surface area contributed by atoms with E-state index in [1.165, 1.54) is 0 Å². The molecule has 1 amide bonds. The number of ether oxygens (including phenoxy) is 1. The third-order valence-electron chi connectivity index (χ3n) is 3.19. The summed E-state index contributed by atoms with van der Waals surface area (Å²) in [5.41, 5.74) is 5.84. The van der Waals surface area contributed by atoms with Crippen molar-refractivity contribution in [2.45, 2.75) is 39.5 Å². The van der Waals surface area contributed by atoms with Gasteiger partial charge in [0, 0.05) is 12.5 Å². The van der Waals surface area contributed by atoms with Gasteiger partial charge in [-0.05, 0) is 24.5 Å². The average molecular weight is 294 g/mol. The molecule has 5 nitrogen and oxygen atoms in total. The van der Waals surface area contributed by atoms with Crippen molar-refractivity contribution in [2.24, 2.45) is 17.6 Å². The zero-order valence-corrected chi connectivity index (χ0v) is 13.0. The molecule has 0 heterocycles. The Morgan fingerprint density at radius 1 is 1.29 bits per heavy atom. The lowest BCUT2D eigenvalue weighted by Crippen LogP contribution is -2.42. The maximum atomic E-state index is 11.5. The van der Waals surface area contributed by atoms with Gasteiger partial charge in [0.05, 0.1) is 0 Å². The van der Waals surface area contributed by atoms with Crippen LogP contribution in [0.5, 0.6) is 5.75 Å². The van der Waals surface area contributed by atoms with E-state index in [4.69, 9.17) is 10.5 Å². The van der Waals surface area contributed by atoms with Crippen LogP contribution in [0.25, 0.3) is 0 Å². The molecule has 0 saturated heterocycles. The van der Waals surface area contributed by atoms with Crippen molar-refractivity contribution < 1.29 is 14.6 Å². The number of nitrogens with one attached hydrogen (secondary N) is 1. The first kappa shape index (κ1) is 17.5. The quantitative estimate of drug-likeness (QED) is 0.635. The van der Waals surface area contributed by atoms with Crippen molar-refractivity contribution in [3.8, 4) is 5.75 Å². The van der Waals surface area contributed by atoms with E-state index in [0.717, 1.165) is 0 Å². The predicted molar refractivity (Wildman–Crippen MR) is 82.7 cm³/mol. The monoisotopic (exact) mass is 294 g/mol. The van der Waals surface area contributed by atoms with Gasteiger partial charge in [-0.3, -0.25) is 10.5 Å². The molecule has 0 aliphatic rings. The number of nitrogens with two attached hydrogens (primary N) is 1. The molecule has 1 aromatic carbocycles. The molecule has 0 aliphatic carbocycles. The number of benzene rings is 1. The van der Waals surface area contributed by atoms with E-state index in [-0.39, 0.29) is 17.7 Å². The number of aliphatic hydroxyl groups is 1. The molecule has 3 unspecified atom stereocenters. The van der Waals surface area contributed by atoms with E-state index in [0.29, 0.717) is 18.7 Å². The number of carbonyl (C=O) groups is 1. The number of aliphatic hydroxyl groups excluding tert-OH is 1. The Bertz CT molecular complexity index is 423. The zero-order chi connectivity index (χ0) is 15.8. The second-order valence-corrected chi connectivity index (χ2v) is 5.70. The maximum absolute atomic E-state index is 11.5. The summed E-state index contributed by atoms with van der Waals surface area (Å²) in [5, 5.41) is 12.9. The molecule has 5 heteroatoms. The molecule has 118 valence electrons. The van der Waals surface area contributed by atoms with Gasteiger partial charge in [-0.15, -0.1) is 0 Å². The molecule has 0 spiro atoms. The van der Waals surface area contributed by atoms with Crippen molar-refractivity contribution in [2.75, 3.05) is 6.54 Å². The Morgan fingerprint density at radius 2 is 1.90 bits per heavy atom. The van der Waals surface area contributed by atoms with Gasteiger partial charge in [-0.25, -0.2) is 0 Å². The minimum absolute atomic E-state index is 0.0150. The molecule has 1 aromatic rings. The average Bonchev–Trinajstić information content (AvgIpc) is 2.45. The SMILES string of the molecule is CC(CNC(=O)C(C)C)CC(O)C(N)Oc1ccccc1. The van der Waals surface area contributed by atoms with Gasteiger partial charge >= 0.3 is 0 Å². The van der Waals surface area contributed by atoms with Gasteiger partial charge in [-0.2, -0.15) is 0 Å². The summed E-state index contributed by atoms with van der Waals surface area (Å²) in [6, 6.07) is 9.16. The highest BCUT2D eigenvalue weighted by atomic mass is 16.5. The number of hydrogen-bond donors (Lipinski definition) is 3. The number of para-hydroxylation sites is 1. The largest absolute Gasteiger partial charge is 0.473 e. The van der Waals surface area contributed by atoms with Crippen molar-refractivity contribution in [1.82, 2.24) is 5.32 Å². The highest BCUT2D eigenvalue weighted by Crippen LogP contribution is 2.14. The molecule has 21 heavy (non-hydrogen) atoms. The van der Waals surface area contributed by atoms with Crippen molar-refractivity contribution in [1.29, 1.82) is 0 Å². The summed E-state index contributed by atoms with van der Waals surface area (Å²) in [5.74, 6) is 0.727. The normalized spacial score (nSPS) is 15.3. The fourth-order valence-electron chi connectivity index (χ4n) is 1.84. The van der Waals surface area contributed by atoms with Gasteiger partial charge in [0.1, 0.15) is 11.9 Å². The summed E-state index contributed by atoms with van der Waals surface area (Å²) in [6.07, 6.45) is -1.10. The standard InChI is InChI=1S/C16H26N2O3/c1-11(2)16(20)18-10-12(3)9-14(19)15(17)21-13-7-5-4-6-8-13/h4-8,11-12,14-15,19H,9-10,17H2,1-3H3,(H,18,20). The van der Waals surface area contributed by atoms with Crippen LogP contribution in [0.2, 0.25) is 0 Å². The first-order chi connectivity index (χ1) is 9.90. The number of hydrogen-bond acceptors (Lipinski definition) is 4. The fraction of sp³-hybridized carbons (Fsp3) is 0.562. The molecule has 0 fully saturated rings. The lowest BCUT2D eigenvalue weighted by molar-refractivity contribution is -0.124. The van der Waals surface area contributed by atoms with Crippen LogP contribution in [0.1, 0.15) is 27.2 Å². The molecule has 0 saturated carbocycles. The van der Waals surface area contributed by atoms with Gasteiger partial charge in [0.2, 0.25) is 5.91 Å². The summed E-state index contributed by atoms with van der Waals surface area (Å²) >= 11 is 0. The van der Waals surface area contributed by atoms with Crippen molar-refractivity contribution >= 4 is 5.91 Å². The summed E-state index contributed by atoms with van der Waals surface area (Å²) in [4.78, 5) is 11.5. The van der Waals surface area contributed by atoms with Crippen LogP contribution < -0.4 is 15.8 Å². The molecule has 0 aromatic heterocycles. The van der Waals surface area contributed by atoms with Gasteiger partial charge in [0.25, 0.3) is 0 Å². The smallest absolute Gasteiger partial charge is 0.222 e. The van der Waals surface area contributed by atoms with Gasteiger partial charge < -0.3 is 15.2 Å². The molecular formula is C16H26N2O3. The predicted octanol–water partition coefficient (Wildman–Crippen LogP) is 1.51. The fourth-order valence-corrected chi connectivity index (χ4v) is 1.84. The molecule has 0 bridgehead atoms. The second-order valence-electron chi connectivity index (χ2n) is 5.70. The Labute approximate surface area is 126 Å². The number of rotatable bonds is 8. The van der Waals surface area contributed by atoms with Gasteiger partial charge in [0.15, 0.2) is 6.23 Å². The third-order valence-corrected chi connectivity index (χ3v) is 3.19. The van der Waals surface area contributed by atoms with E-state index in [2.05, 4.69) is 5.32 Å². The Kier molecular flexibility index (Phi) is 7.19. The molecule has 1 rings (SSSR count). The highest BCUT2D eigenvalue weighted by Gasteiger charge is 2.20. The first-order valence-corrected chi connectivity index (χ1v) is 7.33. The van der Waals surface area contributed by atoms with Crippen LogP contribution in [-0.2, 0) is 4.79 Å². The minimum Gasteiger partial charge on any atom is -0.473 e. The van der Waals surface area contributed by atoms with E-state index < -0.39 is 12.3 Å². The molecule has 0 radical (unpaired) electrons. The molecule has 4 N–H and O–H groups in total. The van der Waals surface area contributed by atoms with E-state index in [1.54, 1.807) is 12.1 Å². The minimum atomic E-state index is -0.782. The molecular weight excluding hydrogens is 268 g/mol. The lowest BCUT2D eigenvalue weighted by Gasteiger charge is -2.23. The Morgan fingerprint density at radius 3 is 2.48 bits per heavy atom. The Balaban J connectivity index is 2.34. The van der Waals surface area contributed by atoms with E-state index in [1.807, 2.05) is 39.0 Å². The van der Waals surface area contributed by atoms with Crippen LogP contribution in [0.4, 0.5) is 0 Å². The molecule has 0 aliphatic heterocycles. The lowest BCUT2D eigenvalue weighted by atomic mass is 10.0. The van der Waals surface area contributed by atoms with E-state index in [9.17, 15) is 9.90 Å². The molecule has 3 atom stereocenters.